The molecule has 0 radical (unpaired) electrons. The summed E-state index contributed by atoms with van der Waals surface area (Å²) in [5.41, 5.74) is 0. The first kappa shape index (κ1) is 15.5. The lowest BCUT2D eigenvalue weighted by Gasteiger charge is -2.25. The predicted molar refractivity (Wildman–Crippen MR) is 86.8 cm³/mol. The van der Waals surface area contributed by atoms with Crippen LogP contribution in [0.25, 0.3) is 0 Å². The fourth-order valence-corrected chi connectivity index (χ4v) is 2.60. The van der Waals surface area contributed by atoms with Crippen LogP contribution < -0.4 is 4.90 Å². The highest BCUT2D eigenvalue weighted by molar-refractivity contribution is 7.71. The van der Waals surface area contributed by atoms with Crippen LogP contribution in [-0.2, 0) is 0 Å². The van der Waals surface area contributed by atoms with Crippen molar-refractivity contribution in [2.24, 2.45) is 11.8 Å². The molecule has 1 aromatic rings. The van der Waals surface area contributed by atoms with Crippen LogP contribution in [0.4, 0.5) is 5.95 Å². The SMILES string of the molecule is CC(C)CCN(CCC(C)C)c1n[nH]c(=S)n1C1CC1. The van der Waals surface area contributed by atoms with Gasteiger partial charge < -0.3 is 4.90 Å². The molecule has 0 saturated heterocycles. The summed E-state index contributed by atoms with van der Waals surface area (Å²) in [7, 11) is 0. The zero-order valence-electron chi connectivity index (χ0n) is 13.2. The highest BCUT2D eigenvalue weighted by Gasteiger charge is 2.29. The normalized spacial score (nSPS) is 15.3. The maximum atomic E-state index is 5.40. The van der Waals surface area contributed by atoms with Crippen molar-refractivity contribution in [1.29, 1.82) is 0 Å². The molecule has 1 saturated carbocycles. The summed E-state index contributed by atoms with van der Waals surface area (Å²) in [6.45, 7) is 11.2. The lowest BCUT2D eigenvalue weighted by atomic mass is 10.1. The highest BCUT2D eigenvalue weighted by atomic mass is 32.1. The molecule has 1 heterocycles. The summed E-state index contributed by atoms with van der Waals surface area (Å²) in [5, 5.41) is 7.49. The Hall–Kier alpha value is -0.840. The Morgan fingerprint density at radius 2 is 1.75 bits per heavy atom. The van der Waals surface area contributed by atoms with E-state index >= 15 is 0 Å². The molecule has 2 rings (SSSR count). The Kier molecular flexibility index (Phi) is 5.24. The third-order valence-corrected chi connectivity index (χ3v) is 4.12. The van der Waals surface area contributed by atoms with Gasteiger partial charge in [0.25, 0.3) is 0 Å². The number of hydrogen-bond donors (Lipinski definition) is 1. The average molecular weight is 296 g/mol. The fourth-order valence-electron chi connectivity index (χ4n) is 2.32. The maximum absolute atomic E-state index is 5.40. The van der Waals surface area contributed by atoms with Crippen molar-refractivity contribution < 1.29 is 0 Å². The monoisotopic (exact) mass is 296 g/mol. The van der Waals surface area contributed by atoms with Crippen LogP contribution in [0.5, 0.6) is 0 Å². The van der Waals surface area contributed by atoms with Crippen LogP contribution in [0.1, 0.15) is 59.4 Å². The van der Waals surface area contributed by atoms with E-state index in [-0.39, 0.29) is 0 Å². The van der Waals surface area contributed by atoms with E-state index in [2.05, 4.69) is 47.4 Å². The molecule has 1 aliphatic carbocycles. The number of hydrogen-bond acceptors (Lipinski definition) is 3. The number of rotatable bonds is 8. The second-order valence-corrected chi connectivity index (χ2v) is 7.17. The smallest absolute Gasteiger partial charge is 0.225 e. The Morgan fingerprint density at radius 3 is 2.20 bits per heavy atom. The van der Waals surface area contributed by atoms with Gasteiger partial charge in [-0.3, -0.25) is 4.57 Å². The number of aromatic nitrogens is 3. The van der Waals surface area contributed by atoms with Crippen LogP contribution in [0.15, 0.2) is 0 Å². The van der Waals surface area contributed by atoms with Crippen molar-refractivity contribution in [3.63, 3.8) is 0 Å². The van der Waals surface area contributed by atoms with Crippen molar-refractivity contribution in [2.75, 3.05) is 18.0 Å². The van der Waals surface area contributed by atoms with Gasteiger partial charge in [0.2, 0.25) is 5.95 Å². The second kappa shape index (κ2) is 6.74. The molecule has 0 unspecified atom stereocenters. The van der Waals surface area contributed by atoms with Gasteiger partial charge in [-0.15, -0.1) is 5.10 Å². The topological polar surface area (TPSA) is 36.9 Å². The van der Waals surface area contributed by atoms with Crippen LogP contribution in [0.3, 0.4) is 0 Å². The lowest BCUT2D eigenvalue weighted by molar-refractivity contribution is 0.523. The van der Waals surface area contributed by atoms with E-state index in [1.165, 1.54) is 25.7 Å². The van der Waals surface area contributed by atoms with Crippen molar-refractivity contribution in [3.8, 4) is 0 Å². The second-order valence-electron chi connectivity index (χ2n) is 6.78. The molecule has 0 aromatic carbocycles. The zero-order chi connectivity index (χ0) is 14.7. The molecule has 20 heavy (non-hydrogen) atoms. The molecule has 0 amide bonds. The minimum atomic E-state index is 0.580. The Labute approximate surface area is 127 Å². The fraction of sp³-hybridized carbons (Fsp3) is 0.867. The van der Waals surface area contributed by atoms with Crippen LogP contribution in [0, 0.1) is 16.6 Å². The first-order valence-corrected chi connectivity index (χ1v) is 8.31. The molecular weight excluding hydrogens is 268 g/mol. The minimum absolute atomic E-state index is 0.580. The standard InChI is InChI=1S/C15H28N4S/c1-11(2)7-9-18(10-8-12(3)4)14-16-17-15(20)19(14)13-5-6-13/h11-13H,5-10H2,1-4H3,(H,17,20). The van der Waals surface area contributed by atoms with E-state index < -0.39 is 0 Å². The van der Waals surface area contributed by atoms with Gasteiger partial charge in [-0.25, -0.2) is 5.10 Å². The molecule has 1 fully saturated rings. The van der Waals surface area contributed by atoms with E-state index in [0.717, 1.165) is 23.8 Å². The van der Waals surface area contributed by atoms with Crippen LogP contribution in [-0.4, -0.2) is 27.9 Å². The summed E-state index contributed by atoms with van der Waals surface area (Å²) < 4.78 is 3.01. The molecule has 1 aromatic heterocycles. The lowest BCUT2D eigenvalue weighted by Crippen LogP contribution is -2.30. The van der Waals surface area contributed by atoms with E-state index in [4.69, 9.17) is 12.2 Å². The molecule has 0 aliphatic heterocycles. The average Bonchev–Trinajstić information content (AvgIpc) is 3.13. The van der Waals surface area contributed by atoms with Crippen molar-refractivity contribution >= 4 is 18.2 Å². The van der Waals surface area contributed by atoms with Gasteiger partial charge in [-0.1, -0.05) is 27.7 Å². The van der Waals surface area contributed by atoms with Gasteiger partial charge >= 0.3 is 0 Å². The maximum Gasteiger partial charge on any atom is 0.225 e. The molecular formula is C15H28N4S. The van der Waals surface area contributed by atoms with Crippen molar-refractivity contribution in [1.82, 2.24) is 14.8 Å². The number of H-pyrrole nitrogens is 1. The number of aromatic amines is 1. The van der Waals surface area contributed by atoms with Crippen LogP contribution in [0.2, 0.25) is 0 Å². The predicted octanol–water partition coefficient (Wildman–Crippen LogP) is 4.17. The Morgan fingerprint density at radius 1 is 1.20 bits per heavy atom. The minimum Gasteiger partial charge on any atom is -0.341 e. The Bertz CT molecular complexity index is 458. The summed E-state index contributed by atoms with van der Waals surface area (Å²) >= 11 is 5.40. The number of anilines is 1. The van der Waals surface area contributed by atoms with E-state index in [9.17, 15) is 0 Å². The summed E-state index contributed by atoms with van der Waals surface area (Å²) in [6.07, 6.45) is 4.87. The van der Waals surface area contributed by atoms with E-state index in [1.807, 2.05) is 0 Å². The summed E-state index contributed by atoms with van der Waals surface area (Å²) in [5.74, 6) is 2.49. The molecule has 0 spiro atoms. The first-order chi connectivity index (χ1) is 9.49. The first-order valence-electron chi connectivity index (χ1n) is 7.91. The molecule has 5 heteroatoms. The van der Waals surface area contributed by atoms with Gasteiger partial charge in [-0.05, 0) is 49.7 Å². The Balaban J connectivity index is 2.14. The van der Waals surface area contributed by atoms with Gasteiger partial charge in [0.15, 0.2) is 4.77 Å². The van der Waals surface area contributed by atoms with E-state index in [1.54, 1.807) is 0 Å². The van der Waals surface area contributed by atoms with Gasteiger partial charge in [0.05, 0.1) is 0 Å². The quantitative estimate of drug-likeness (QED) is 0.731. The molecule has 0 atom stereocenters. The van der Waals surface area contributed by atoms with Gasteiger partial charge in [0.1, 0.15) is 0 Å². The summed E-state index contributed by atoms with van der Waals surface area (Å²) in [4.78, 5) is 2.42. The van der Waals surface area contributed by atoms with Gasteiger partial charge in [0, 0.05) is 19.1 Å². The molecule has 1 aliphatic rings. The summed E-state index contributed by atoms with van der Waals surface area (Å²) in [6, 6.07) is 0.580. The number of nitrogens with zero attached hydrogens (tertiary/aromatic N) is 3. The molecule has 114 valence electrons. The molecule has 0 bridgehead atoms. The van der Waals surface area contributed by atoms with Gasteiger partial charge in [-0.2, -0.15) is 0 Å². The third-order valence-electron chi connectivity index (χ3n) is 3.83. The van der Waals surface area contributed by atoms with E-state index in [0.29, 0.717) is 17.9 Å². The molecule has 1 N–H and O–H groups in total. The van der Waals surface area contributed by atoms with Crippen molar-refractivity contribution in [2.45, 2.75) is 59.4 Å². The highest BCUT2D eigenvalue weighted by Crippen LogP contribution is 2.38. The van der Waals surface area contributed by atoms with Crippen molar-refractivity contribution in [3.05, 3.63) is 4.77 Å². The van der Waals surface area contributed by atoms with Crippen LogP contribution >= 0.6 is 12.2 Å². The largest absolute Gasteiger partial charge is 0.341 e. The molecule has 4 nitrogen and oxygen atoms in total. The third kappa shape index (κ3) is 4.08. The zero-order valence-corrected chi connectivity index (χ0v) is 14.0. The number of nitrogens with one attached hydrogen (secondary N) is 1.